The average molecular weight is 228 g/mol. The molecule has 0 saturated carbocycles. The Morgan fingerprint density at radius 2 is 1.94 bits per heavy atom. The van der Waals surface area contributed by atoms with Gasteiger partial charge in [0, 0.05) is 11.1 Å². The summed E-state index contributed by atoms with van der Waals surface area (Å²) >= 11 is 0. The molecule has 0 atom stereocenters. The van der Waals surface area contributed by atoms with E-state index in [1.54, 1.807) is 0 Å². The molecule has 2 heteroatoms. The van der Waals surface area contributed by atoms with Gasteiger partial charge < -0.3 is 5.73 Å². The highest BCUT2D eigenvalue weighted by molar-refractivity contribution is 5.82. The summed E-state index contributed by atoms with van der Waals surface area (Å²) in [5.41, 5.74) is 9.46. The minimum Gasteiger partial charge on any atom is -0.330 e. The zero-order chi connectivity index (χ0) is 12.5. The highest BCUT2D eigenvalue weighted by Crippen LogP contribution is 2.26. The minimum atomic E-state index is 0.135. The van der Waals surface area contributed by atoms with Crippen molar-refractivity contribution >= 4 is 10.9 Å². The number of aryl methyl sites for hydroxylation is 1. The molecule has 90 valence electrons. The number of nitrogens with zero attached hydrogens (tertiary/aromatic N) is 1. The van der Waals surface area contributed by atoms with Crippen molar-refractivity contribution in [3.8, 4) is 0 Å². The number of hydrogen-bond acceptors (Lipinski definition) is 2. The van der Waals surface area contributed by atoms with Crippen LogP contribution in [0.5, 0.6) is 0 Å². The molecule has 2 nitrogen and oxygen atoms in total. The first-order valence-electron chi connectivity index (χ1n) is 6.07. The first kappa shape index (κ1) is 12.1. The molecule has 0 radical (unpaired) electrons. The summed E-state index contributed by atoms with van der Waals surface area (Å²) in [7, 11) is 0. The highest BCUT2D eigenvalue weighted by Gasteiger charge is 2.18. The number of nitrogens with two attached hydrogens (primary N) is 1. The van der Waals surface area contributed by atoms with Gasteiger partial charge in [0.15, 0.2) is 0 Å². The van der Waals surface area contributed by atoms with Crippen molar-refractivity contribution in [1.29, 1.82) is 0 Å². The van der Waals surface area contributed by atoms with Crippen LogP contribution in [0.3, 0.4) is 0 Å². The van der Waals surface area contributed by atoms with Crippen molar-refractivity contribution in [3.05, 3.63) is 41.6 Å². The molecule has 17 heavy (non-hydrogen) atoms. The first-order chi connectivity index (χ1) is 8.02. The maximum atomic E-state index is 5.82. The maximum absolute atomic E-state index is 5.82. The van der Waals surface area contributed by atoms with Crippen molar-refractivity contribution in [2.24, 2.45) is 11.1 Å². The summed E-state index contributed by atoms with van der Waals surface area (Å²) in [5, 5.41) is 1.25. The molecule has 0 amide bonds. The lowest BCUT2D eigenvalue weighted by atomic mass is 9.84. The SMILES string of the molecule is Cc1cc(CC(C)(C)CN)c2ccccc2n1. The summed E-state index contributed by atoms with van der Waals surface area (Å²) in [5.74, 6) is 0. The van der Waals surface area contributed by atoms with Gasteiger partial charge in [-0.05, 0) is 43.0 Å². The van der Waals surface area contributed by atoms with Crippen molar-refractivity contribution in [2.45, 2.75) is 27.2 Å². The van der Waals surface area contributed by atoms with Gasteiger partial charge in [0.25, 0.3) is 0 Å². The predicted molar refractivity (Wildman–Crippen MR) is 73.0 cm³/mol. The maximum Gasteiger partial charge on any atom is 0.0707 e. The van der Waals surface area contributed by atoms with Crippen LogP contribution in [0.25, 0.3) is 10.9 Å². The van der Waals surface area contributed by atoms with Gasteiger partial charge in [-0.2, -0.15) is 0 Å². The third kappa shape index (κ3) is 2.64. The fourth-order valence-corrected chi connectivity index (χ4v) is 2.13. The molecule has 0 aliphatic carbocycles. The lowest BCUT2D eigenvalue weighted by Gasteiger charge is -2.23. The summed E-state index contributed by atoms with van der Waals surface area (Å²) in [4.78, 5) is 4.56. The second-order valence-corrected chi connectivity index (χ2v) is 5.49. The van der Waals surface area contributed by atoms with Gasteiger partial charge in [-0.1, -0.05) is 32.0 Å². The van der Waals surface area contributed by atoms with Crippen LogP contribution >= 0.6 is 0 Å². The van der Waals surface area contributed by atoms with Gasteiger partial charge in [-0.3, -0.25) is 4.98 Å². The first-order valence-corrected chi connectivity index (χ1v) is 6.07. The quantitative estimate of drug-likeness (QED) is 0.876. The molecular weight excluding hydrogens is 208 g/mol. The summed E-state index contributed by atoms with van der Waals surface area (Å²) in [6, 6.07) is 10.5. The molecule has 2 rings (SSSR count). The normalized spacial score (nSPS) is 12.0. The number of fused-ring (bicyclic) bond motifs is 1. The van der Waals surface area contributed by atoms with E-state index in [2.05, 4.69) is 43.1 Å². The lowest BCUT2D eigenvalue weighted by Crippen LogP contribution is -2.26. The molecule has 2 aromatic rings. The number of rotatable bonds is 3. The van der Waals surface area contributed by atoms with Gasteiger partial charge in [0.05, 0.1) is 5.52 Å². The van der Waals surface area contributed by atoms with Crippen molar-refractivity contribution < 1.29 is 0 Å². The Labute approximate surface area is 103 Å². The van der Waals surface area contributed by atoms with E-state index in [-0.39, 0.29) is 5.41 Å². The molecule has 0 unspecified atom stereocenters. The van der Waals surface area contributed by atoms with E-state index < -0.39 is 0 Å². The fourth-order valence-electron chi connectivity index (χ4n) is 2.13. The lowest BCUT2D eigenvalue weighted by molar-refractivity contribution is 0.378. The summed E-state index contributed by atoms with van der Waals surface area (Å²) in [6.45, 7) is 7.16. The van der Waals surface area contributed by atoms with Crippen LogP contribution in [0.1, 0.15) is 25.1 Å². The van der Waals surface area contributed by atoms with Crippen LogP contribution < -0.4 is 5.73 Å². The van der Waals surface area contributed by atoms with E-state index in [1.165, 1.54) is 10.9 Å². The van der Waals surface area contributed by atoms with E-state index in [4.69, 9.17) is 5.73 Å². The number of hydrogen-bond donors (Lipinski definition) is 1. The van der Waals surface area contributed by atoms with Gasteiger partial charge in [-0.15, -0.1) is 0 Å². The molecule has 0 fully saturated rings. The fraction of sp³-hybridized carbons (Fsp3) is 0.400. The summed E-state index contributed by atoms with van der Waals surface area (Å²) < 4.78 is 0. The Morgan fingerprint density at radius 1 is 1.24 bits per heavy atom. The molecule has 0 saturated heterocycles. The third-order valence-electron chi connectivity index (χ3n) is 3.15. The molecular formula is C15H20N2. The monoisotopic (exact) mass is 228 g/mol. The number of aromatic nitrogens is 1. The second kappa shape index (κ2) is 4.46. The van der Waals surface area contributed by atoms with E-state index in [9.17, 15) is 0 Å². The second-order valence-electron chi connectivity index (χ2n) is 5.49. The number of para-hydroxylation sites is 1. The molecule has 2 N–H and O–H groups in total. The Hall–Kier alpha value is -1.41. The Bertz CT molecular complexity index is 529. The van der Waals surface area contributed by atoms with Crippen LogP contribution in [-0.2, 0) is 6.42 Å². The smallest absolute Gasteiger partial charge is 0.0707 e. The molecule has 1 heterocycles. The summed E-state index contributed by atoms with van der Waals surface area (Å²) in [6.07, 6.45) is 0.993. The zero-order valence-corrected chi connectivity index (χ0v) is 10.8. The number of benzene rings is 1. The van der Waals surface area contributed by atoms with E-state index >= 15 is 0 Å². The van der Waals surface area contributed by atoms with Gasteiger partial charge in [0.2, 0.25) is 0 Å². The van der Waals surface area contributed by atoms with Gasteiger partial charge >= 0.3 is 0 Å². The Morgan fingerprint density at radius 3 is 2.65 bits per heavy atom. The van der Waals surface area contributed by atoms with Crippen LogP contribution in [0, 0.1) is 12.3 Å². The van der Waals surface area contributed by atoms with E-state index in [0.29, 0.717) is 6.54 Å². The van der Waals surface area contributed by atoms with Crippen molar-refractivity contribution in [2.75, 3.05) is 6.54 Å². The zero-order valence-electron chi connectivity index (χ0n) is 10.8. The van der Waals surface area contributed by atoms with Crippen molar-refractivity contribution in [3.63, 3.8) is 0 Å². The number of pyridine rings is 1. The average Bonchev–Trinajstić information content (AvgIpc) is 2.28. The van der Waals surface area contributed by atoms with Crippen LogP contribution in [0.2, 0.25) is 0 Å². The third-order valence-corrected chi connectivity index (χ3v) is 3.15. The molecule has 1 aromatic heterocycles. The molecule has 0 spiro atoms. The van der Waals surface area contributed by atoms with Gasteiger partial charge in [-0.25, -0.2) is 0 Å². The standard InChI is InChI=1S/C15H20N2/c1-11-8-12(9-15(2,3)10-16)13-6-4-5-7-14(13)17-11/h4-8H,9-10,16H2,1-3H3. The Balaban J connectivity index is 2.53. The van der Waals surface area contributed by atoms with Crippen molar-refractivity contribution in [1.82, 2.24) is 4.98 Å². The van der Waals surface area contributed by atoms with Gasteiger partial charge in [0.1, 0.15) is 0 Å². The Kier molecular flexibility index (Phi) is 3.16. The molecule has 1 aromatic carbocycles. The molecule has 0 aliphatic rings. The van der Waals surface area contributed by atoms with E-state index in [0.717, 1.165) is 17.6 Å². The van der Waals surface area contributed by atoms with E-state index in [1.807, 2.05) is 13.0 Å². The highest BCUT2D eigenvalue weighted by atomic mass is 14.7. The molecule has 0 aliphatic heterocycles. The van der Waals surface area contributed by atoms with Crippen LogP contribution in [0.15, 0.2) is 30.3 Å². The minimum absolute atomic E-state index is 0.135. The molecule has 0 bridgehead atoms. The largest absolute Gasteiger partial charge is 0.330 e. The van der Waals surface area contributed by atoms with Crippen LogP contribution in [0.4, 0.5) is 0 Å². The topological polar surface area (TPSA) is 38.9 Å². The van der Waals surface area contributed by atoms with Crippen LogP contribution in [-0.4, -0.2) is 11.5 Å². The predicted octanol–water partition coefficient (Wildman–Crippen LogP) is 3.07.